The number of amides is 1. The first-order chi connectivity index (χ1) is 16.4. The third kappa shape index (κ3) is 5.76. The van der Waals surface area contributed by atoms with Crippen molar-refractivity contribution in [1.29, 1.82) is 0 Å². The van der Waals surface area contributed by atoms with Gasteiger partial charge in [-0.05, 0) is 73.7 Å². The molecule has 0 bridgehead atoms. The monoisotopic (exact) mass is 477 g/mol. The molecule has 1 amide bonds. The summed E-state index contributed by atoms with van der Waals surface area (Å²) in [7, 11) is 0. The molecule has 4 aromatic rings. The molecule has 2 heterocycles. The van der Waals surface area contributed by atoms with E-state index in [2.05, 4.69) is 46.8 Å². The summed E-state index contributed by atoms with van der Waals surface area (Å²) in [5.74, 6) is 0.314. The van der Waals surface area contributed by atoms with Crippen LogP contribution in [0.2, 0.25) is 5.02 Å². The lowest BCUT2D eigenvalue weighted by Crippen LogP contribution is -2.37. The van der Waals surface area contributed by atoms with Gasteiger partial charge in [0.1, 0.15) is 11.4 Å². The lowest BCUT2D eigenvalue weighted by molar-refractivity contribution is 0.0930. The zero-order valence-electron chi connectivity index (χ0n) is 19.2. The molecule has 1 atom stereocenters. The minimum Gasteiger partial charge on any atom is -0.489 e. The molecule has 0 aliphatic heterocycles. The number of aromatic nitrogens is 2. The third-order valence-corrected chi connectivity index (χ3v) is 5.82. The van der Waals surface area contributed by atoms with E-state index in [9.17, 15) is 9.90 Å². The highest BCUT2D eigenvalue weighted by molar-refractivity contribution is 6.32. The molecule has 0 saturated heterocycles. The van der Waals surface area contributed by atoms with Crippen molar-refractivity contribution in [3.05, 3.63) is 89.3 Å². The van der Waals surface area contributed by atoms with E-state index in [1.807, 2.05) is 30.5 Å². The van der Waals surface area contributed by atoms with Crippen LogP contribution in [0.25, 0.3) is 16.8 Å². The van der Waals surface area contributed by atoms with Gasteiger partial charge in [0.15, 0.2) is 0 Å². The van der Waals surface area contributed by atoms with Crippen LogP contribution >= 0.6 is 11.6 Å². The number of hydrogen-bond donors (Lipinski definition) is 2. The first-order valence-corrected chi connectivity index (χ1v) is 11.7. The number of halogens is 1. The summed E-state index contributed by atoms with van der Waals surface area (Å²) in [4.78, 5) is 17.1. The van der Waals surface area contributed by atoms with E-state index in [4.69, 9.17) is 16.3 Å². The summed E-state index contributed by atoms with van der Waals surface area (Å²) in [6.07, 6.45) is 6.80. The topological polar surface area (TPSA) is 75.9 Å². The van der Waals surface area contributed by atoms with Crippen LogP contribution in [0, 0.1) is 0 Å². The average molecular weight is 478 g/mol. The molecule has 0 aliphatic carbocycles. The zero-order valence-corrected chi connectivity index (χ0v) is 20.0. The number of nitrogens with one attached hydrogen (secondary N) is 1. The summed E-state index contributed by atoms with van der Waals surface area (Å²) >= 11 is 6.29. The quantitative estimate of drug-likeness (QED) is 0.349. The van der Waals surface area contributed by atoms with E-state index in [-0.39, 0.29) is 24.7 Å². The Morgan fingerprint density at radius 2 is 1.88 bits per heavy atom. The maximum absolute atomic E-state index is 12.8. The van der Waals surface area contributed by atoms with Gasteiger partial charge in [-0.2, -0.15) is 0 Å². The van der Waals surface area contributed by atoms with Gasteiger partial charge in [0.25, 0.3) is 5.91 Å². The molecule has 2 aromatic carbocycles. The molecular weight excluding hydrogens is 450 g/mol. The second-order valence-electron chi connectivity index (χ2n) is 8.51. The van der Waals surface area contributed by atoms with Gasteiger partial charge in [-0.3, -0.25) is 4.79 Å². The highest BCUT2D eigenvalue weighted by atomic mass is 35.5. The molecule has 7 heteroatoms. The molecular formula is C27H28ClN3O3. The molecule has 4 rings (SSSR count). The Kier molecular flexibility index (Phi) is 7.50. The van der Waals surface area contributed by atoms with Crippen LogP contribution in [-0.2, 0) is 6.42 Å². The van der Waals surface area contributed by atoms with Crippen LogP contribution in [-0.4, -0.2) is 39.2 Å². The van der Waals surface area contributed by atoms with Gasteiger partial charge in [-0.15, -0.1) is 0 Å². The number of fused-ring (bicyclic) bond motifs is 1. The van der Waals surface area contributed by atoms with Crippen LogP contribution in [0.5, 0.6) is 5.75 Å². The summed E-state index contributed by atoms with van der Waals surface area (Å²) in [6.45, 7) is 3.82. The van der Waals surface area contributed by atoms with E-state index in [1.165, 1.54) is 0 Å². The smallest absolute Gasteiger partial charge is 0.251 e. The Morgan fingerprint density at radius 1 is 1.12 bits per heavy atom. The molecule has 0 aliphatic rings. The van der Waals surface area contributed by atoms with Gasteiger partial charge < -0.3 is 19.6 Å². The molecule has 0 spiro atoms. The molecule has 0 unspecified atom stereocenters. The van der Waals surface area contributed by atoms with Crippen molar-refractivity contribution < 1.29 is 14.6 Å². The summed E-state index contributed by atoms with van der Waals surface area (Å²) in [5.41, 5.74) is 4.63. The summed E-state index contributed by atoms with van der Waals surface area (Å²) in [5, 5.41) is 12.9. The number of aliphatic hydroxyl groups excluding tert-OH is 1. The number of benzene rings is 2. The zero-order chi connectivity index (χ0) is 24.1. The van der Waals surface area contributed by atoms with Crippen molar-refractivity contribution in [2.24, 2.45) is 0 Å². The first-order valence-electron chi connectivity index (χ1n) is 11.3. The number of ether oxygens (including phenoxy) is 1. The van der Waals surface area contributed by atoms with Gasteiger partial charge >= 0.3 is 0 Å². The van der Waals surface area contributed by atoms with E-state index in [0.29, 0.717) is 29.2 Å². The number of carbonyl (C=O) groups excluding carboxylic acids is 1. The highest BCUT2D eigenvalue weighted by Gasteiger charge is 2.16. The molecule has 0 fully saturated rings. The minimum atomic E-state index is -0.235. The molecule has 176 valence electrons. The fourth-order valence-corrected chi connectivity index (χ4v) is 4.08. The molecule has 0 saturated carbocycles. The van der Waals surface area contributed by atoms with Gasteiger partial charge in [-0.1, -0.05) is 35.9 Å². The molecule has 34 heavy (non-hydrogen) atoms. The lowest BCUT2D eigenvalue weighted by Gasteiger charge is -2.19. The Labute approximate surface area is 204 Å². The maximum Gasteiger partial charge on any atom is 0.251 e. The molecule has 2 N–H and O–H groups in total. The molecule has 6 nitrogen and oxygen atoms in total. The van der Waals surface area contributed by atoms with Crippen LogP contribution in [0.4, 0.5) is 0 Å². The predicted octanol–water partition coefficient (Wildman–Crippen LogP) is 5.17. The van der Waals surface area contributed by atoms with Crippen molar-refractivity contribution >= 4 is 23.2 Å². The van der Waals surface area contributed by atoms with E-state index in [1.54, 1.807) is 24.4 Å². The van der Waals surface area contributed by atoms with Crippen LogP contribution in [0.15, 0.2) is 73.2 Å². The minimum absolute atomic E-state index is 0.00806. The van der Waals surface area contributed by atoms with E-state index < -0.39 is 0 Å². The van der Waals surface area contributed by atoms with E-state index in [0.717, 1.165) is 22.3 Å². The van der Waals surface area contributed by atoms with Crippen molar-refractivity contribution in [3.63, 3.8) is 0 Å². The summed E-state index contributed by atoms with van der Waals surface area (Å²) in [6, 6.07) is 17.1. The maximum atomic E-state index is 12.8. The standard InChI is InChI=1S/C27H28ClN3O3/c1-18(2)34-25-9-7-21(16-24(25)28)27(33)30-23(11-14-32)15-19-3-5-20(6-4-19)22-8-10-26-29-12-13-31(26)17-22/h3-10,12-13,16-18,23,32H,11,14-15H2,1-2H3,(H,30,33)/t23-/m1/s1. The number of pyridine rings is 1. The van der Waals surface area contributed by atoms with Crippen molar-refractivity contribution in [2.45, 2.75) is 38.8 Å². The van der Waals surface area contributed by atoms with Gasteiger partial charge in [0, 0.05) is 36.8 Å². The normalized spacial score (nSPS) is 12.1. The van der Waals surface area contributed by atoms with Crippen molar-refractivity contribution in [3.8, 4) is 16.9 Å². The number of carbonyl (C=O) groups is 1. The Bertz CT molecular complexity index is 1270. The number of rotatable bonds is 9. The fraction of sp³-hybridized carbons (Fsp3) is 0.259. The van der Waals surface area contributed by atoms with Gasteiger partial charge in [0.05, 0.1) is 11.1 Å². The van der Waals surface area contributed by atoms with Crippen molar-refractivity contribution in [2.75, 3.05) is 6.61 Å². The van der Waals surface area contributed by atoms with Crippen molar-refractivity contribution in [1.82, 2.24) is 14.7 Å². The largest absolute Gasteiger partial charge is 0.489 e. The van der Waals surface area contributed by atoms with Gasteiger partial charge in [-0.25, -0.2) is 4.98 Å². The second kappa shape index (κ2) is 10.7. The Balaban J connectivity index is 1.43. The lowest BCUT2D eigenvalue weighted by atomic mass is 10.00. The fourth-order valence-electron chi connectivity index (χ4n) is 3.85. The Morgan fingerprint density at radius 3 is 2.59 bits per heavy atom. The number of hydrogen-bond acceptors (Lipinski definition) is 4. The average Bonchev–Trinajstić information content (AvgIpc) is 3.29. The summed E-state index contributed by atoms with van der Waals surface area (Å²) < 4.78 is 7.63. The van der Waals surface area contributed by atoms with Crippen LogP contribution < -0.4 is 10.1 Å². The second-order valence-corrected chi connectivity index (χ2v) is 8.91. The third-order valence-electron chi connectivity index (χ3n) is 5.53. The molecule has 2 aromatic heterocycles. The van der Waals surface area contributed by atoms with E-state index >= 15 is 0 Å². The SMILES string of the molecule is CC(C)Oc1ccc(C(=O)N[C@H](CCO)Cc2ccc(-c3ccc4nccn4c3)cc2)cc1Cl. The number of imidazole rings is 1. The number of aliphatic hydroxyl groups is 1. The number of nitrogens with zero attached hydrogens (tertiary/aromatic N) is 2. The van der Waals surface area contributed by atoms with Crippen LogP contribution in [0.3, 0.4) is 0 Å². The highest BCUT2D eigenvalue weighted by Crippen LogP contribution is 2.27. The van der Waals surface area contributed by atoms with Gasteiger partial charge in [0.2, 0.25) is 0 Å². The first kappa shape index (κ1) is 23.8. The van der Waals surface area contributed by atoms with Crippen LogP contribution in [0.1, 0.15) is 36.2 Å². The molecule has 0 radical (unpaired) electrons. The predicted molar refractivity (Wildman–Crippen MR) is 135 cm³/mol. The Hall–Kier alpha value is -3.35.